The number of aromatic nitrogens is 2. The monoisotopic (exact) mass is 383 g/mol. The number of ether oxygens (including phenoxy) is 1. The van der Waals surface area contributed by atoms with Gasteiger partial charge in [-0.15, -0.1) is 0 Å². The van der Waals surface area contributed by atoms with Gasteiger partial charge in [-0.2, -0.15) is 0 Å². The van der Waals surface area contributed by atoms with Crippen LogP contribution in [0.4, 0.5) is 5.82 Å². The number of carbonyl (C=O) groups is 1. The predicted octanol–water partition coefficient (Wildman–Crippen LogP) is 2.42. The van der Waals surface area contributed by atoms with Gasteiger partial charge in [0.15, 0.2) is 5.82 Å². The molecule has 1 aliphatic heterocycles. The van der Waals surface area contributed by atoms with Gasteiger partial charge in [0, 0.05) is 31.3 Å². The highest BCUT2D eigenvalue weighted by Crippen LogP contribution is 2.18. The number of nitrogens with zero attached hydrogens (tertiary/aromatic N) is 3. The maximum Gasteiger partial charge on any atom is 0.270 e. The third kappa shape index (κ3) is 6.00. The molecule has 0 saturated carbocycles. The van der Waals surface area contributed by atoms with Gasteiger partial charge in [0.1, 0.15) is 11.5 Å². The fourth-order valence-corrected chi connectivity index (χ4v) is 3.08. The topological polar surface area (TPSA) is 79.4 Å². The molecule has 0 spiro atoms. The van der Waals surface area contributed by atoms with Crippen LogP contribution in [0.3, 0.4) is 0 Å². The predicted molar refractivity (Wildman–Crippen MR) is 110 cm³/mol. The van der Waals surface area contributed by atoms with Crippen molar-refractivity contribution in [3.05, 3.63) is 42.1 Å². The summed E-state index contributed by atoms with van der Waals surface area (Å²) in [6.45, 7) is 3.04. The van der Waals surface area contributed by atoms with Crippen LogP contribution in [0.1, 0.15) is 29.8 Å². The number of rotatable bonds is 9. The van der Waals surface area contributed by atoms with E-state index in [1.165, 1.54) is 0 Å². The molecule has 0 aliphatic carbocycles. The molecule has 1 aromatic heterocycles. The Morgan fingerprint density at radius 1 is 1.25 bits per heavy atom. The van der Waals surface area contributed by atoms with Gasteiger partial charge >= 0.3 is 0 Å². The molecule has 1 atom stereocenters. The van der Waals surface area contributed by atoms with Crippen molar-refractivity contribution in [2.75, 3.05) is 45.7 Å². The van der Waals surface area contributed by atoms with E-state index in [2.05, 4.69) is 39.6 Å². The summed E-state index contributed by atoms with van der Waals surface area (Å²) in [6.07, 6.45) is 3.12. The Kier molecular flexibility index (Phi) is 7.33. The molecule has 0 bridgehead atoms. The molecular weight excluding hydrogens is 354 g/mol. The van der Waals surface area contributed by atoms with E-state index in [1.54, 1.807) is 6.07 Å². The summed E-state index contributed by atoms with van der Waals surface area (Å²) in [7, 11) is 4.10. The van der Waals surface area contributed by atoms with E-state index in [0.29, 0.717) is 23.9 Å². The molecular formula is C21H29N5O2. The normalized spacial score (nSPS) is 16.3. The molecule has 7 nitrogen and oxygen atoms in total. The highest BCUT2D eigenvalue weighted by atomic mass is 16.5. The van der Waals surface area contributed by atoms with Crippen molar-refractivity contribution in [1.82, 2.24) is 20.2 Å². The van der Waals surface area contributed by atoms with Gasteiger partial charge < -0.3 is 20.3 Å². The van der Waals surface area contributed by atoms with Crippen LogP contribution in [0.15, 0.2) is 36.4 Å². The summed E-state index contributed by atoms with van der Waals surface area (Å²) >= 11 is 0. The van der Waals surface area contributed by atoms with Crippen LogP contribution in [0, 0.1) is 0 Å². The van der Waals surface area contributed by atoms with Crippen molar-refractivity contribution in [1.29, 1.82) is 0 Å². The number of nitrogens with one attached hydrogen (secondary N) is 2. The van der Waals surface area contributed by atoms with E-state index in [0.717, 1.165) is 44.5 Å². The van der Waals surface area contributed by atoms with E-state index in [4.69, 9.17) is 4.74 Å². The summed E-state index contributed by atoms with van der Waals surface area (Å²) in [5.74, 6) is 1.00. The summed E-state index contributed by atoms with van der Waals surface area (Å²) < 4.78 is 5.58. The summed E-state index contributed by atoms with van der Waals surface area (Å²) in [5.41, 5.74) is 1.24. The maximum atomic E-state index is 12.7. The van der Waals surface area contributed by atoms with E-state index >= 15 is 0 Å². The molecule has 1 fully saturated rings. The highest BCUT2D eigenvalue weighted by molar-refractivity contribution is 5.93. The highest BCUT2D eigenvalue weighted by Gasteiger charge is 2.18. The van der Waals surface area contributed by atoms with Crippen molar-refractivity contribution in [2.45, 2.75) is 25.4 Å². The van der Waals surface area contributed by atoms with E-state index in [-0.39, 0.29) is 12.0 Å². The number of amides is 1. The Bertz CT molecular complexity index is 761. The average Bonchev–Trinajstić information content (AvgIpc) is 3.23. The summed E-state index contributed by atoms with van der Waals surface area (Å²) in [4.78, 5) is 23.9. The van der Waals surface area contributed by atoms with Crippen LogP contribution in [-0.4, -0.2) is 67.2 Å². The molecule has 2 N–H and O–H groups in total. The van der Waals surface area contributed by atoms with Crippen LogP contribution in [0.25, 0.3) is 11.4 Å². The number of carbonyl (C=O) groups excluding carboxylic acids is 1. The first-order valence-corrected chi connectivity index (χ1v) is 9.85. The Labute approximate surface area is 166 Å². The number of anilines is 1. The number of hydrogen-bond acceptors (Lipinski definition) is 6. The zero-order valence-electron chi connectivity index (χ0n) is 16.6. The largest absolute Gasteiger partial charge is 0.376 e. The number of benzene rings is 1. The summed E-state index contributed by atoms with van der Waals surface area (Å²) in [6, 6.07) is 11.4. The lowest BCUT2D eigenvalue weighted by molar-refractivity contribution is 0.0853. The van der Waals surface area contributed by atoms with Gasteiger partial charge in [-0.3, -0.25) is 4.79 Å². The van der Waals surface area contributed by atoms with Gasteiger partial charge in [0.25, 0.3) is 5.91 Å². The zero-order valence-corrected chi connectivity index (χ0v) is 16.6. The van der Waals surface area contributed by atoms with Crippen molar-refractivity contribution < 1.29 is 9.53 Å². The van der Waals surface area contributed by atoms with Crippen molar-refractivity contribution in [3.8, 4) is 11.4 Å². The third-order valence-corrected chi connectivity index (χ3v) is 4.59. The van der Waals surface area contributed by atoms with E-state index in [1.807, 2.05) is 30.3 Å². The molecule has 150 valence electrons. The standard InChI is InChI=1S/C21H29N5O2/c1-26(2)12-7-11-22-19-14-18(21(27)23-15-17-10-6-13-28-17)24-20(25-19)16-8-4-3-5-9-16/h3-5,8-9,14,17H,6-7,10-13,15H2,1-2H3,(H,23,27)(H,22,24,25). The molecule has 7 heteroatoms. The molecule has 1 amide bonds. The SMILES string of the molecule is CN(C)CCCNc1cc(C(=O)NCC2CCCO2)nc(-c2ccccc2)n1. The lowest BCUT2D eigenvalue weighted by atomic mass is 10.2. The minimum atomic E-state index is -0.202. The first-order valence-electron chi connectivity index (χ1n) is 9.85. The van der Waals surface area contributed by atoms with Crippen LogP contribution in [0.2, 0.25) is 0 Å². The molecule has 28 heavy (non-hydrogen) atoms. The fraction of sp³-hybridized carbons (Fsp3) is 0.476. The van der Waals surface area contributed by atoms with Gasteiger partial charge in [-0.05, 0) is 39.9 Å². The average molecular weight is 383 g/mol. The lowest BCUT2D eigenvalue weighted by Gasteiger charge is -2.13. The zero-order chi connectivity index (χ0) is 19.8. The van der Waals surface area contributed by atoms with Gasteiger partial charge in [-0.25, -0.2) is 9.97 Å². The molecule has 3 rings (SSSR count). The fourth-order valence-electron chi connectivity index (χ4n) is 3.08. The Morgan fingerprint density at radius 2 is 2.07 bits per heavy atom. The molecule has 1 aliphatic rings. The third-order valence-electron chi connectivity index (χ3n) is 4.59. The molecule has 1 aromatic carbocycles. The van der Waals surface area contributed by atoms with Gasteiger partial charge in [0.2, 0.25) is 0 Å². The second-order valence-electron chi connectivity index (χ2n) is 7.26. The smallest absolute Gasteiger partial charge is 0.270 e. The van der Waals surface area contributed by atoms with Crippen LogP contribution < -0.4 is 10.6 Å². The minimum absolute atomic E-state index is 0.100. The van der Waals surface area contributed by atoms with Crippen molar-refractivity contribution >= 4 is 11.7 Å². The lowest BCUT2D eigenvalue weighted by Crippen LogP contribution is -2.32. The Morgan fingerprint density at radius 3 is 2.79 bits per heavy atom. The second kappa shape index (κ2) is 10.1. The van der Waals surface area contributed by atoms with Crippen LogP contribution in [0.5, 0.6) is 0 Å². The Balaban J connectivity index is 1.73. The van der Waals surface area contributed by atoms with Gasteiger partial charge in [0.05, 0.1) is 6.10 Å². The molecule has 1 saturated heterocycles. The molecule has 2 heterocycles. The maximum absolute atomic E-state index is 12.7. The first kappa shape index (κ1) is 20.2. The van der Waals surface area contributed by atoms with Crippen molar-refractivity contribution in [2.24, 2.45) is 0 Å². The second-order valence-corrected chi connectivity index (χ2v) is 7.26. The molecule has 0 radical (unpaired) electrons. The molecule has 1 unspecified atom stereocenters. The first-order chi connectivity index (χ1) is 13.6. The van der Waals surface area contributed by atoms with Gasteiger partial charge in [-0.1, -0.05) is 30.3 Å². The molecule has 2 aromatic rings. The van der Waals surface area contributed by atoms with Crippen LogP contribution >= 0.6 is 0 Å². The Hall–Kier alpha value is -2.51. The van der Waals surface area contributed by atoms with Crippen molar-refractivity contribution in [3.63, 3.8) is 0 Å². The minimum Gasteiger partial charge on any atom is -0.376 e. The van der Waals surface area contributed by atoms with E-state index in [9.17, 15) is 4.79 Å². The van der Waals surface area contributed by atoms with Crippen LogP contribution in [-0.2, 0) is 4.74 Å². The summed E-state index contributed by atoms with van der Waals surface area (Å²) in [5, 5.41) is 6.26. The van der Waals surface area contributed by atoms with E-state index < -0.39 is 0 Å². The quantitative estimate of drug-likeness (QED) is 0.648. The number of hydrogen-bond donors (Lipinski definition) is 2.